The third-order valence-electron chi connectivity index (χ3n) is 6.16. The number of rotatable bonds is 20. The molecule has 2 aromatic rings. The molecule has 0 unspecified atom stereocenters. The van der Waals surface area contributed by atoms with Crippen LogP contribution in [0.4, 0.5) is 0 Å². The van der Waals surface area contributed by atoms with Gasteiger partial charge in [-0.1, -0.05) is 42.5 Å². The molecule has 0 aliphatic heterocycles. The Morgan fingerprint density at radius 2 is 1.22 bits per heavy atom. The number of benzene rings is 2. The van der Waals surface area contributed by atoms with E-state index in [-0.39, 0.29) is 11.8 Å². The number of carbonyl (C=O) groups excluding carboxylic acids is 2. The van der Waals surface area contributed by atoms with Crippen LogP contribution < -0.4 is 32.7 Å². The molecule has 2 amide bonds. The molecule has 0 saturated carbocycles. The lowest BCUT2D eigenvalue weighted by Gasteiger charge is -2.13. The summed E-state index contributed by atoms with van der Waals surface area (Å²) in [7, 11) is 0. The van der Waals surface area contributed by atoms with Crippen LogP contribution in [0.5, 0.6) is 0 Å². The Morgan fingerprint density at radius 1 is 0.649 bits per heavy atom. The molecule has 0 aliphatic carbocycles. The zero-order valence-electron chi connectivity index (χ0n) is 22.1. The molecule has 2 rings (SSSR count). The van der Waals surface area contributed by atoms with E-state index in [0.29, 0.717) is 25.1 Å². The van der Waals surface area contributed by atoms with Crippen molar-refractivity contribution in [1.82, 2.24) is 21.3 Å². The maximum atomic E-state index is 12.4. The van der Waals surface area contributed by atoms with Gasteiger partial charge >= 0.3 is 0 Å². The monoisotopic (exact) mass is 510 g/mol. The number of hydrogen-bond acceptors (Lipinski definition) is 6. The molecule has 0 spiro atoms. The molecule has 8 N–H and O–H groups in total. The number of nitrogens with one attached hydrogen (secondary N) is 4. The standard InChI is InChI=1S/C29H46N6O2/c30-17-8-20-32-18-6-7-19-33-21-9-23-35-29(37)27(31)12-4-5-22-34-28(36)26-15-13-25(14-16-26)24-10-2-1-3-11-24/h1-3,10-11,13-16,27,32-33H,4-9,12,17-23,30-31H2,(H,34,36)(H,35,37)/t27-/m1/s1. The lowest BCUT2D eigenvalue weighted by Crippen LogP contribution is -2.41. The van der Waals surface area contributed by atoms with E-state index in [2.05, 4.69) is 21.3 Å². The zero-order valence-corrected chi connectivity index (χ0v) is 22.1. The molecular weight excluding hydrogens is 464 g/mol. The molecule has 204 valence electrons. The van der Waals surface area contributed by atoms with Crippen LogP contribution >= 0.6 is 0 Å². The lowest BCUT2D eigenvalue weighted by molar-refractivity contribution is -0.122. The summed E-state index contributed by atoms with van der Waals surface area (Å²) >= 11 is 0. The summed E-state index contributed by atoms with van der Waals surface area (Å²) in [5, 5.41) is 12.6. The number of amides is 2. The highest BCUT2D eigenvalue weighted by molar-refractivity contribution is 5.94. The fourth-order valence-corrected chi connectivity index (χ4v) is 3.90. The second kappa shape index (κ2) is 19.3. The van der Waals surface area contributed by atoms with Gasteiger partial charge in [-0.05, 0) is 101 Å². The smallest absolute Gasteiger partial charge is 0.251 e. The van der Waals surface area contributed by atoms with Gasteiger partial charge in [-0.2, -0.15) is 0 Å². The first-order chi connectivity index (χ1) is 18.1. The first-order valence-electron chi connectivity index (χ1n) is 13.7. The van der Waals surface area contributed by atoms with E-state index < -0.39 is 6.04 Å². The van der Waals surface area contributed by atoms with Crippen molar-refractivity contribution < 1.29 is 9.59 Å². The van der Waals surface area contributed by atoms with Crippen molar-refractivity contribution in [2.45, 2.75) is 51.0 Å². The molecule has 0 radical (unpaired) electrons. The molecule has 0 fully saturated rings. The third-order valence-corrected chi connectivity index (χ3v) is 6.16. The Balaban J connectivity index is 1.45. The van der Waals surface area contributed by atoms with Crippen LogP contribution in [-0.2, 0) is 4.79 Å². The Hall–Kier alpha value is -2.78. The Morgan fingerprint density at radius 3 is 1.89 bits per heavy atom. The molecule has 37 heavy (non-hydrogen) atoms. The first-order valence-corrected chi connectivity index (χ1v) is 13.7. The van der Waals surface area contributed by atoms with E-state index in [1.807, 2.05) is 54.6 Å². The second-order valence-corrected chi connectivity index (χ2v) is 9.30. The van der Waals surface area contributed by atoms with Crippen molar-refractivity contribution in [2.24, 2.45) is 11.5 Å². The van der Waals surface area contributed by atoms with Crippen LogP contribution in [0, 0.1) is 0 Å². The van der Waals surface area contributed by atoms with Crippen LogP contribution in [0.25, 0.3) is 11.1 Å². The van der Waals surface area contributed by atoms with Crippen LogP contribution in [-0.4, -0.2) is 63.7 Å². The summed E-state index contributed by atoms with van der Waals surface area (Å²) in [5.74, 6) is -0.194. The number of hydrogen-bond donors (Lipinski definition) is 6. The van der Waals surface area contributed by atoms with Gasteiger partial charge in [-0.15, -0.1) is 0 Å². The predicted molar refractivity (Wildman–Crippen MR) is 152 cm³/mol. The second-order valence-electron chi connectivity index (χ2n) is 9.30. The van der Waals surface area contributed by atoms with Crippen molar-refractivity contribution >= 4 is 11.8 Å². The van der Waals surface area contributed by atoms with E-state index in [1.54, 1.807) is 0 Å². The predicted octanol–water partition coefficient (Wildman–Crippen LogP) is 2.40. The van der Waals surface area contributed by atoms with E-state index in [4.69, 9.17) is 11.5 Å². The minimum atomic E-state index is -0.513. The topological polar surface area (TPSA) is 134 Å². The van der Waals surface area contributed by atoms with E-state index in [1.165, 1.54) is 0 Å². The molecular formula is C29H46N6O2. The quantitative estimate of drug-likeness (QED) is 0.152. The molecule has 2 aromatic carbocycles. The SMILES string of the molecule is NCCCNCCCCNCCCNC(=O)[C@H](N)CCCCNC(=O)c1ccc(-c2ccccc2)cc1. The summed E-state index contributed by atoms with van der Waals surface area (Å²) in [6.45, 7) is 5.81. The largest absolute Gasteiger partial charge is 0.355 e. The normalized spacial score (nSPS) is 11.7. The van der Waals surface area contributed by atoms with Crippen LogP contribution in [0.3, 0.4) is 0 Å². The molecule has 0 aliphatic rings. The minimum Gasteiger partial charge on any atom is -0.355 e. The third kappa shape index (κ3) is 13.4. The van der Waals surface area contributed by atoms with Crippen LogP contribution in [0.15, 0.2) is 54.6 Å². The average molecular weight is 511 g/mol. The minimum absolute atomic E-state index is 0.0885. The maximum Gasteiger partial charge on any atom is 0.251 e. The molecule has 0 heterocycles. The summed E-state index contributed by atoms with van der Waals surface area (Å²) < 4.78 is 0. The highest BCUT2D eigenvalue weighted by Crippen LogP contribution is 2.19. The summed E-state index contributed by atoms with van der Waals surface area (Å²) in [5.41, 5.74) is 14.3. The number of unbranched alkanes of at least 4 members (excludes halogenated alkanes) is 2. The molecule has 8 nitrogen and oxygen atoms in total. The van der Waals surface area contributed by atoms with Crippen molar-refractivity contribution in [2.75, 3.05) is 45.8 Å². The van der Waals surface area contributed by atoms with Gasteiger partial charge in [0.2, 0.25) is 5.91 Å². The molecule has 0 aromatic heterocycles. The van der Waals surface area contributed by atoms with Gasteiger partial charge in [0.1, 0.15) is 0 Å². The average Bonchev–Trinajstić information content (AvgIpc) is 2.93. The highest BCUT2D eigenvalue weighted by Gasteiger charge is 2.12. The number of nitrogens with two attached hydrogens (primary N) is 2. The Kier molecular flexibility index (Phi) is 15.9. The number of carbonyl (C=O) groups is 2. The van der Waals surface area contributed by atoms with E-state index in [9.17, 15) is 9.59 Å². The van der Waals surface area contributed by atoms with Gasteiger partial charge in [-0.25, -0.2) is 0 Å². The molecule has 8 heteroatoms. The fourth-order valence-electron chi connectivity index (χ4n) is 3.90. The van der Waals surface area contributed by atoms with E-state index in [0.717, 1.165) is 82.4 Å². The van der Waals surface area contributed by atoms with Crippen molar-refractivity contribution in [1.29, 1.82) is 0 Å². The fraction of sp³-hybridized carbons (Fsp3) is 0.517. The van der Waals surface area contributed by atoms with Crippen molar-refractivity contribution in [3.63, 3.8) is 0 Å². The molecule has 0 saturated heterocycles. The Bertz CT molecular complexity index is 876. The zero-order chi connectivity index (χ0) is 26.6. The first kappa shape index (κ1) is 30.4. The highest BCUT2D eigenvalue weighted by atomic mass is 16.2. The van der Waals surface area contributed by atoms with Crippen molar-refractivity contribution in [3.05, 3.63) is 60.2 Å². The van der Waals surface area contributed by atoms with E-state index >= 15 is 0 Å². The van der Waals surface area contributed by atoms with Crippen LogP contribution in [0.2, 0.25) is 0 Å². The van der Waals surface area contributed by atoms with Crippen molar-refractivity contribution in [3.8, 4) is 11.1 Å². The van der Waals surface area contributed by atoms with Gasteiger partial charge in [-0.3, -0.25) is 9.59 Å². The van der Waals surface area contributed by atoms with Gasteiger partial charge in [0, 0.05) is 18.7 Å². The van der Waals surface area contributed by atoms with Crippen LogP contribution in [0.1, 0.15) is 55.3 Å². The van der Waals surface area contributed by atoms with Gasteiger partial charge in [0.25, 0.3) is 5.91 Å². The summed E-state index contributed by atoms with van der Waals surface area (Å²) in [4.78, 5) is 24.6. The Labute approximate surface area is 222 Å². The van der Waals surface area contributed by atoms with Gasteiger partial charge in [0.15, 0.2) is 0 Å². The summed E-state index contributed by atoms with van der Waals surface area (Å²) in [6, 6.07) is 17.2. The lowest BCUT2D eigenvalue weighted by atomic mass is 10.0. The van der Waals surface area contributed by atoms with Gasteiger partial charge < -0.3 is 32.7 Å². The maximum absolute atomic E-state index is 12.4. The molecule has 0 bridgehead atoms. The molecule has 1 atom stereocenters. The van der Waals surface area contributed by atoms with Gasteiger partial charge in [0.05, 0.1) is 6.04 Å². The summed E-state index contributed by atoms with van der Waals surface area (Å²) in [6.07, 6.45) is 6.35.